The Morgan fingerprint density at radius 1 is 1.14 bits per heavy atom. The van der Waals surface area contributed by atoms with Gasteiger partial charge in [-0.3, -0.25) is 9.58 Å². The van der Waals surface area contributed by atoms with E-state index in [2.05, 4.69) is 28.0 Å². The lowest BCUT2D eigenvalue weighted by Gasteiger charge is -2.35. The average Bonchev–Trinajstić information content (AvgIpc) is 3.01. The molecule has 3 heterocycles. The zero-order valence-electron chi connectivity index (χ0n) is 13.0. The maximum absolute atomic E-state index is 13.8. The van der Waals surface area contributed by atoms with E-state index in [0.717, 1.165) is 45.7 Å². The van der Waals surface area contributed by atoms with Crippen molar-refractivity contribution < 1.29 is 4.39 Å². The van der Waals surface area contributed by atoms with Gasteiger partial charge in [0.1, 0.15) is 0 Å². The molecule has 22 heavy (non-hydrogen) atoms. The molecule has 2 aromatic rings. The number of nitrogens with zero attached hydrogens (tertiary/aromatic N) is 5. The van der Waals surface area contributed by atoms with E-state index >= 15 is 0 Å². The third-order valence-corrected chi connectivity index (χ3v) is 4.20. The molecule has 0 spiro atoms. The number of halogens is 1. The SMILES string of the molecule is CCn1nccc1CCN1CCN(c2ncccc2F)CC1. The van der Waals surface area contributed by atoms with Crippen molar-refractivity contribution in [2.75, 3.05) is 37.6 Å². The summed E-state index contributed by atoms with van der Waals surface area (Å²) in [7, 11) is 0. The fourth-order valence-electron chi connectivity index (χ4n) is 2.92. The van der Waals surface area contributed by atoms with Crippen molar-refractivity contribution in [2.45, 2.75) is 19.9 Å². The van der Waals surface area contributed by atoms with Crippen molar-refractivity contribution in [1.29, 1.82) is 0 Å². The summed E-state index contributed by atoms with van der Waals surface area (Å²) in [5.41, 5.74) is 1.28. The number of anilines is 1. The van der Waals surface area contributed by atoms with Crippen LogP contribution in [0, 0.1) is 5.82 Å². The van der Waals surface area contributed by atoms with E-state index in [1.165, 1.54) is 11.8 Å². The monoisotopic (exact) mass is 303 g/mol. The van der Waals surface area contributed by atoms with E-state index in [4.69, 9.17) is 0 Å². The maximum Gasteiger partial charge on any atom is 0.165 e. The number of piperazine rings is 1. The van der Waals surface area contributed by atoms with Crippen LogP contribution in [0.3, 0.4) is 0 Å². The number of hydrogen-bond donors (Lipinski definition) is 0. The van der Waals surface area contributed by atoms with Crippen molar-refractivity contribution in [2.24, 2.45) is 0 Å². The largest absolute Gasteiger partial charge is 0.352 e. The van der Waals surface area contributed by atoms with Crippen LogP contribution >= 0.6 is 0 Å². The molecule has 1 aliphatic rings. The van der Waals surface area contributed by atoms with E-state index in [1.807, 2.05) is 15.8 Å². The summed E-state index contributed by atoms with van der Waals surface area (Å²) in [6.45, 7) is 7.56. The molecule has 0 bridgehead atoms. The molecule has 1 fully saturated rings. The summed E-state index contributed by atoms with van der Waals surface area (Å²) in [4.78, 5) is 8.61. The lowest BCUT2D eigenvalue weighted by Crippen LogP contribution is -2.47. The van der Waals surface area contributed by atoms with Crippen molar-refractivity contribution in [3.63, 3.8) is 0 Å². The normalized spacial score (nSPS) is 16.2. The number of aromatic nitrogens is 3. The van der Waals surface area contributed by atoms with Gasteiger partial charge in [-0.15, -0.1) is 0 Å². The van der Waals surface area contributed by atoms with Gasteiger partial charge in [0.05, 0.1) is 0 Å². The molecule has 0 saturated carbocycles. The topological polar surface area (TPSA) is 37.2 Å². The Morgan fingerprint density at radius 2 is 1.95 bits per heavy atom. The van der Waals surface area contributed by atoms with E-state index in [0.29, 0.717) is 5.82 Å². The first-order chi connectivity index (χ1) is 10.8. The van der Waals surface area contributed by atoms with Crippen LogP contribution < -0.4 is 4.90 Å². The molecule has 0 N–H and O–H groups in total. The lowest BCUT2D eigenvalue weighted by molar-refractivity contribution is 0.257. The van der Waals surface area contributed by atoms with Crippen LogP contribution in [0.25, 0.3) is 0 Å². The maximum atomic E-state index is 13.8. The van der Waals surface area contributed by atoms with Crippen LogP contribution in [-0.4, -0.2) is 52.4 Å². The van der Waals surface area contributed by atoms with Crippen molar-refractivity contribution in [1.82, 2.24) is 19.7 Å². The molecule has 118 valence electrons. The third-order valence-electron chi connectivity index (χ3n) is 4.20. The summed E-state index contributed by atoms with van der Waals surface area (Å²) >= 11 is 0. The predicted molar refractivity (Wildman–Crippen MR) is 84.5 cm³/mol. The van der Waals surface area contributed by atoms with Crippen LogP contribution in [0.15, 0.2) is 30.6 Å². The molecule has 0 unspecified atom stereocenters. The number of pyridine rings is 1. The van der Waals surface area contributed by atoms with E-state index in [-0.39, 0.29) is 5.82 Å². The van der Waals surface area contributed by atoms with Crippen molar-refractivity contribution in [3.8, 4) is 0 Å². The Hall–Kier alpha value is -1.95. The zero-order chi connectivity index (χ0) is 15.4. The van der Waals surface area contributed by atoms with Crippen molar-refractivity contribution >= 4 is 5.82 Å². The molecule has 0 aromatic carbocycles. The van der Waals surface area contributed by atoms with Crippen LogP contribution in [0.5, 0.6) is 0 Å². The predicted octanol–water partition coefficient (Wildman–Crippen LogP) is 1.80. The molecule has 1 aliphatic heterocycles. The Kier molecular flexibility index (Phi) is 4.68. The highest BCUT2D eigenvalue weighted by Crippen LogP contribution is 2.17. The van der Waals surface area contributed by atoms with Gasteiger partial charge in [0, 0.05) is 63.8 Å². The summed E-state index contributed by atoms with van der Waals surface area (Å²) in [5, 5.41) is 4.30. The molecule has 0 aliphatic carbocycles. The second-order valence-corrected chi connectivity index (χ2v) is 5.53. The standard InChI is InChI=1S/C16H22FN5/c1-2-22-14(5-8-19-22)6-9-20-10-12-21(13-11-20)16-15(17)4-3-7-18-16/h3-5,7-8H,2,6,9-13H2,1H3. The summed E-state index contributed by atoms with van der Waals surface area (Å²) < 4.78 is 15.8. The minimum absolute atomic E-state index is 0.234. The Morgan fingerprint density at radius 3 is 2.68 bits per heavy atom. The fourth-order valence-corrected chi connectivity index (χ4v) is 2.92. The van der Waals surface area contributed by atoms with Gasteiger partial charge >= 0.3 is 0 Å². The van der Waals surface area contributed by atoms with E-state index in [1.54, 1.807) is 12.3 Å². The first kappa shape index (κ1) is 15.0. The van der Waals surface area contributed by atoms with Gasteiger partial charge in [0.2, 0.25) is 0 Å². The van der Waals surface area contributed by atoms with Gasteiger partial charge in [-0.2, -0.15) is 5.10 Å². The zero-order valence-corrected chi connectivity index (χ0v) is 13.0. The van der Waals surface area contributed by atoms with Gasteiger partial charge in [-0.1, -0.05) is 0 Å². The molecule has 0 amide bonds. The van der Waals surface area contributed by atoms with Crippen LogP contribution in [0.2, 0.25) is 0 Å². The Labute approximate surface area is 130 Å². The molecular weight excluding hydrogens is 281 g/mol. The van der Waals surface area contributed by atoms with Gasteiger partial charge < -0.3 is 4.90 Å². The minimum atomic E-state index is -0.234. The first-order valence-corrected chi connectivity index (χ1v) is 7.86. The van der Waals surface area contributed by atoms with Gasteiger partial charge in [-0.05, 0) is 25.1 Å². The van der Waals surface area contributed by atoms with E-state index in [9.17, 15) is 4.39 Å². The highest BCUT2D eigenvalue weighted by atomic mass is 19.1. The Balaban J connectivity index is 1.51. The molecule has 5 nitrogen and oxygen atoms in total. The molecule has 1 saturated heterocycles. The van der Waals surface area contributed by atoms with Gasteiger partial charge in [0.25, 0.3) is 0 Å². The second-order valence-electron chi connectivity index (χ2n) is 5.53. The van der Waals surface area contributed by atoms with Crippen molar-refractivity contribution in [3.05, 3.63) is 42.1 Å². The first-order valence-electron chi connectivity index (χ1n) is 7.86. The van der Waals surface area contributed by atoms with Gasteiger partial charge in [0.15, 0.2) is 11.6 Å². The summed E-state index contributed by atoms with van der Waals surface area (Å²) in [6, 6.07) is 5.19. The quantitative estimate of drug-likeness (QED) is 0.844. The molecule has 0 atom stereocenters. The van der Waals surface area contributed by atoms with Crippen LogP contribution in [-0.2, 0) is 13.0 Å². The van der Waals surface area contributed by atoms with Crippen LogP contribution in [0.1, 0.15) is 12.6 Å². The molecular formula is C16H22FN5. The average molecular weight is 303 g/mol. The third kappa shape index (κ3) is 3.27. The number of rotatable bonds is 5. The number of aryl methyl sites for hydroxylation is 1. The summed E-state index contributed by atoms with van der Waals surface area (Å²) in [5.74, 6) is 0.244. The molecule has 6 heteroatoms. The highest BCUT2D eigenvalue weighted by Gasteiger charge is 2.20. The molecule has 3 rings (SSSR count). The summed E-state index contributed by atoms with van der Waals surface area (Å²) in [6.07, 6.45) is 4.52. The minimum Gasteiger partial charge on any atom is -0.352 e. The van der Waals surface area contributed by atoms with Crippen LogP contribution in [0.4, 0.5) is 10.2 Å². The number of hydrogen-bond acceptors (Lipinski definition) is 4. The second kappa shape index (κ2) is 6.87. The smallest absolute Gasteiger partial charge is 0.165 e. The Bertz CT molecular complexity index is 604. The fraction of sp³-hybridized carbons (Fsp3) is 0.500. The van der Waals surface area contributed by atoms with E-state index < -0.39 is 0 Å². The van der Waals surface area contributed by atoms with Gasteiger partial charge in [-0.25, -0.2) is 9.37 Å². The lowest BCUT2D eigenvalue weighted by atomic mass is 10.2. The highest BCUT2D eigenvalue weighted by molar-refractivity contribution is 5.40. The molecule has 0 radical (unpaired) electrons. The molecule has 2 aromatic heterocycles.